The van der Waals surface area contributed by atoms with Crippen molar-refractivity contribution >= 4 is 5.91 Å². The topological polar surface area (TPSA) is 69.6 Å². The first kappa shape index (κ1) is 61.1. The maximum absolute atomic E-state index is 12.4. The molecule has 0 aromatic heterocycles. The minimum atomic E-state index is -0.861. The normalized spacial score (nSPS) is 13.3. The summed E-state index contributed by atoms with van der Waals surface area (Å²) in [6.45, 7) is 4.29. The molecular formula is C59H109NO3. The highest BCUT2D eigenvalue weighted by Gasteiger charge is 2.18. The molecule has 368 valence electrons. The molecule has 0 bridgehead atoms. The third-order valence-corrected chi connectivity index (χ3v) is 12.7. The van der Waals surface area contributed by atoms with Gasteiger partial charge < -0.3 is 15.5 Å². The van der Waals surface area contributed by atoms with Crippen molar-refractivity contribution in [3.63, 3.8) is 0 Å². The number of hydrogen-bond donors (Lipinski definition) is 3. The van der Waals surface area contributed by atoms with E-state index in [-0.39, 0.29) is 12.5 Å². The van der Waals surface area contributed by atoms with Crippen molar-refractivity contribution in [3.05, 3.63) is 60.8 Å². The van der Waals surface area contributed by atoms with Crippen LogP contribution in [0.4, 0.5) is 0 Å². The average molecular weight is 881 g/mol. The lowest BCUT2D eigenvalue weighted by Gasteiger charge is -2.19. The number of amides is 1. The van der Waals surface area contributed by atoms with Crippen LogP contribution in [0, 0.1) is 0 Å². The van der Waals surface area contributed by atoms with E-state index >= 15 is 0 Å². The van der Waals surface area contributed by atoms with E-state index < -0.39 is 12.1 Å². The van der Waals surface area contributed by atoms with E-state index in [0.29, 0.717) is 6.42 Å². The molecule has 2 atom stereocenters. The van der Waals surface area contributed by atoms with Crippen molar-refractivity contribution in [2.45, 2.75) is 302 Å². The van der Waals surface area contributed by atoms with Crippen LogP contribution >= 0.6 is 0 Å². The highest BCUT2D eigenvalue weighted by atomic mass is 16.3. The zero-order chi connectivity index (χ0) is 45.6. The van der Waals surface area contributed by atoms with Gasteiger partial charge in [-0.15, -0.1) is 0 Å². The number of carbonyl (C=O) groups excluding carboxylic acids is 1. The van der Waals surface area contributed by atoms with Crippen molar-refractivity contribution in [2.24, 2.45) is 0 Å². The number of aliphatic hydroxyl groups excluding tert-OH is 2. The zero-order valence-electron chi connectivity index (χ0n) is 42.3. The fourth-order valence-corrected chi connectivity index (χ4v) is 8.44. The molecule has 0 aromatic carbocycles. The van der Waals surface area contributed by atoms with Crippen LogP contribution in [0.1, 0.15) is 290 Å². The monoisotopic (exact) mass is 880 g/mol. The molecule has 0 heterocycles. The summed E-state index contributed by atoms with van der Waals surface area (Å²) in [7, 11) is 0. The van der Waals surface area contributed by atoms with Crippen molar-refractivity contribution in [1.29, 1.82) is 0 Å². The van der Waals surface area contributed by atoms with Crippen molar-refractivity contribution < 1.29 is 15.0 Å². The number of rotatable bonds is 51. The van der Waals surface area contributed by atoms with Gasteiger partial charge in [0.2, 0.25) is 5.91 Å². The van der Waals surface area contributed by atoms with Crippen LogP contribution in [-0.2, 0) is 4.79 Å². The standard InChI is InChI=1S/C59H109NO3/c1-3-5-7-9-11-13-15-17-19-20-21-22-23-24-25-26-27-28-29-30-31-32-33-34-35-36-37-38-39-40-41-43-45-47-49-51-53-55-59(63)60-57(56-61)58(62)54-52-50-48-46-44-42-18-16-14-12-10-8-6-4-2/h15,17,20-21,23-24,44,46,52,54,57-58,61-62H,3-14,16,18-19,22,25-43,45,47-51,53,55-56H2,1-2H3,(H,60,63)/b17-15-,21-20-,24-23-,46-44+,54-52+. The van der Waals surface area contributed by atoms with Crippen molar-refractivity contribution in [1.82, 2.24) is 5.32 Å². The molecule has 4 heteroatoms. The van der Waals surface area contributed by atoms with Gasteiger partial charge in [0.05, 0.1) is 18.8 Å². The van der Waals surface area contributed by atoms with E-state index in [1.165, 1.54) is 225 Å². The number of carbonyl (C=O) groups is 1. The van der Waals surface area contributed by atoms with Crippen LogP contribution in [0.3, 0.4) is 0 Å². The number of aliphatic hydroxyl groups is 2. The molecule has 0 saturated heterocycles. The maximum Gasteiger partial charge on any atom is 0.220 e. The molecular weight excluding hydrogens is 771 g/mol. The molecule has 0 aliphatic carbocycles. The first-order valence-electron chi connectivity index (χ1n) is 28.0. The van der Waals surface area contributed by atoms with Gasteiger partial charge in [-0.05, 0) is 70.6 Å². The van der Waals surface area contributed by atoms with Gasteiger partial charge >= 0.3 is 0 Å². The van der Waals surface area contributed by atoms with Gasteiger partial charge in [0.25, 0.3) is 0 Å². The molecule has 0 saturated carbocycles. The second-order valence-electron chi connectivity index (χ2n) is 19.0. The summed E-state index contributed by atoms with van der Waals surface area (Å²) in [6, 6.07) is -0.638. The largest absolute Gasteiger partial charge is 0.394 e. The SMILES string of the molecule is CCCCCCC/C=C\C/C=C\C/C=C\CCCCCCCCCCCCCCCCCCCCCCCCC(=O)NC(CO)C(O)/C=C/CC/C=C/CCCCCCCCCC. The molecule has 0 aliphatic rings. The quantitative estimate of drug-likeness (QED) is 0.0421. The van der Waals surface area contributed by atoms with Gasteiger partial charge in [0.15, 0.2) is 0 Å². The van der Waals surface area contributed by atoms with Crippen LogP contribution in [0.15, 0.2) is 60.8 Å². The number of allylic oxidation sites excluding steroid dienone is 9. The lowest BCUT2D eigenvalue weighted by Crippen LogP contribution is -2.45. The Labute approximate surface area is 394 Å². The summed E-state index contributed by atoms with van der Waals surface area (Å²) in [5, 5.41) is 23.0. The molecule has 0 aliphatic heterocycles. The highest BCUT2D eigenvalue weighted by Crippen LogP contribution is 2.16. The lowest BCUT2D eigenvalue weighted by molar-refractivity contribution is -0.123. The first-order chi connectivity index (χ1) is 31.2. The predicted octanol–water partition coefficient (Wildman–Crippen LogP) is 18.4. The van der Waals surface area contributed by atoms with Crippen molar-refractivity contribution in [3.8, 4) is 0 Å². The Kier molecular flexibility index (Phi) is 52.8. The van der Waals surface area contributed by atoms with Crippen LogP contribution in [-0.4, -0.2) is 34.9 Å². The molecule has 1 amide bonds. The van der Waals surface area contributed by atoms with E-state index in [1.807, 2.05) is 6.08 Å². The van der Waals surface area contributed by atoms with Crippen LogP contribution in [0.25, 0.3) is 0 Å². The molecule has 3 N–H and O–H groups in total. The van der Waals surface area contributed by atoms with Crippen LogP contribution in [0.5, 0.6) is 0 Å². The highest BCUT2D eigenvalue weighted by molar-refractivity contribution is 5.76. The van der Waals surface area contributed by atoms with E-state index in [1.54, 1.807) is 6.08 Å². The smallest absolute Gasteiger partial charge is 0.220 e. The molecule has 0 rings (SSSR count). The third-order valence-electron chi connectivity index (χ3n) is 12.7. The summed E-state index contributed by atoms with van der Waals surface area (Å²) in [5.74, 6) is -0.0714. The minimum Gasteiger partial charge on any atom is -0.394 e. The fraction of sp³-hybridized carbons (Fsp3) is 0.814. The molecule has 63 heavy (non-hydrogen) atoms. The summed E-state index contributed by atoms with van der Waals surface area (Å²) in [6.07, 6.45) is 76.8. The third kappa shape index (κ3) is 50.9. The summed E-state index contributed by atoms with van der Waals surface area (Å²) < 4.78 is 0. The maximum atomic E-state index is 12.4. The number of nitrogens with one attached hydrogen (secondary N) is 1. The fourth-order valence-electron chi connectivity index (χ4n) is 8.44. The molecule has 0 fully saturated rings. The zero-order valence-corrected chi connectivity index (χ0v) is 42.3. The van der Waals surface area contributed by atoms with Crippen LogP contribution in [0.2, 0.25) is 0 Å². The Balaban J connectivity index is 3.44. The molecule has 4 nitrogen and oxygen atoms in total. The summed E-state index contributed by atoms with van der Waals surface area (Å²) in [4.78, 5) is 12.4. The average Bonchev–Trinajstić information content (AvgIpc) is 3.29. The first-order valence-corrected chi connectivity index (χ1v) is 28.0. The second-order valence-corrected chi connectivity index (χ2v) is 19.0. The van der Waals surface area contributed by atoms with E-state index in [4.69, 9.17) is 0 Å². The van der Waals surface area contributed by atoms with Crippen LogP contribution < -0.4 is 5.32 Å². The van der Waals surface area contributed by atoms with Gasteiger partial charge in [0.1, 0.15) is 0 Å². The Morgan fingerprint density at radius 1 is 0.381 bits per heavy atom. The molecule has 2 unspecified atom stereocenters. The van der Waals surface area contributed by atoms with E-state index in [9.17, 15) is 15.0 Å². The Bertz CT molecular complexity index is 1040. The van der Waals surface area contributed by atoms with Gasteiger partial charge in [0, 0.05) is 6.42 Å². The predicted molar refractivity (Wildman–Crippen MR) is 281 cm³/mol. The Morgan fingerprint density at radius 3 is 1.03 bits per heavy atom. The second kappa shape index (κ2) is 54.4. The summed E-state index contributed by atoms with van der Waals surface area (Å²) in [5.41, 5.74) is 0. The van der Waals surface area contributed by atoms with Gasteiger partial charge in [-0.2, -0.15) is 0 Å². The van der Waals surface area contributed by atoms with Gasteiger partial charge in [-0.3, -0.25) is 4.79 Å². The lowest BCUT2D eigenvalue weighted by atomic mass is 10.0. The Hall–Kier alpha value is -1.91. The molecule has 0 aromatic rings. The van der Waals surface area contributed by atoms with Crippen molar-refractivity contribution in [2.75, 3.05) is 6.61 Å². The molecule has 0 radical (unpaired) electrons. The van der Waals surface area contributed by atoms with E-state index in [0.717, 1.165) is 44.9 Å². The van der Waals surface area contributed by atoms with Gasteiger partial charge in [-0.1, -0.05) is 274 Å². The summed E-state index contributed by atoms with van der Waals surface area (Å²) >= 11 is 0. The Morgan fingerprint density at radius 2 is 0.667 bits per heavy atom. The van der Waals surface area contributed by atoms with E-state index in [2.05, 4.69) is 67.8 Å². The molecule has 0 spiro atoms. The minimum absolute atomic E-state index is 0.0714. The number of hydrogen-bond acceptors (Lipinski definition) is 3. The number of unbranched alkanes of at least 4 members (excludes halogenated alkanes) is 36. The van der Waals surface area contributed by atoms with Gasteiger partial charge in [-0.25, -0.2) is 0 Å².